The number of aromatic nitrogens is 1. The third kappa shape index (κ3) is 7.09. The molecule has 1 aromatic rings. The second-order valence-corrected chi connectivity index (χ2v) is 9.52. The fourth-order valence-electron chi connectivity index (χ4n) is 3.96. The Labute approximate surface area is 164 Å². The van der Waals surface area contributed by atoms with E-state index in [0.29, 0.717) is 23.3 Å². The van der Waals surface area contributed by atoms with Gasteiger partial charge in [0, 0.05) is 24.5 Å². The number of carbonyl (C=O) groups excluding carboxylic acids is 1. The Bertz CT molecular complexity index is 540. The summed E-state index contributed by atoms with van der Waals surface area (Å²) in [6.07, 6.45) is 13.9. The monoisotopic (exact) mass is 379 g/mol. The van der Waals surface area contributed by atoms with E-state index in [-0.39, 0.29) is 5.78 Å². The highest BCUT2D eigenvalue weighted by Crippen LogP contribution is 2.31. The molecule has 1 aromatic heterocycles. The van der Waals surface area contributed by atoms with Crippen LogP contribution in [0.3, 0.4) is 0 Å². The number of ketones is 1. The van der Waals surface area contributed by atoms with Crippen LogP contribution < -0.4 is 0 Å². The number of rotatable bonds is 13. The maximum Gasteiger partial charge on any atom is 0.195 e. The first-order valence-electron chi connectivity index (χ1n) is 10.8. The average molecular weight is 380 g/mol. The van der Waals surface area contributed by atoms with Crippen molar-refractivity contribution in [1.29, 1.82) is 0 Å². The largest absolute Gasteiger partial charge is 0.445 e. The van der Waals surface area contributed by atoms with Gasteiger partial charge in [0.1, 0.15) is 11.5 Å². The number of unbranched alkanes of at least 4 members (excludes halogenated alkanes) is 7. The predicted molar refractivity (Wildman–Crippen MR) is 111 cm³/mol. The van der Waals surface area contributed by atoms with Crippen molar-refractivity contribution in [1.82, 2.24) is 4.98 Å². The minimum atomic E-state index is 0.191. The molecule has 1 heterocycles. The van der Waals surface area contributed by atoms with Crippen LogP contribution in [0.1, 0.15) is 107 Å². The normalized spacial score (nSPS) is 18.1. The number of hydrogen-bond donors (Lipinski definition) is 0. The Balaban J connectivity index is 1.73. The van der Waals surface area contributed by atoms with Crippen LogP contribution >= 0.6 is 11.8 Å². The van der Waals surface area contributed by atoms with Crippen LogP contribution in [-0.2, 0) is 12.8 Å². The number of thioether (sulfide) groups is 1. The number of nitrogens with zero attached hydrogens (tertiary/aromatic N) is 1. The molecule has 0 unspecified atom stereocenters. The second-order valence-electron chi connectivity index (χ2n) is 7.80. The Morgan fingerprint density at radius 3 is 2.46 bits per heavy atom. The maximum atomic E-state index is 12.4. The number of hydrogen-bond acceptors (Lipinski definition) is 4. The van der Waals surface area contributed by atoms with E-state index in [4.69, 9.17) is 4.42 Å². The van der Waals surface area contributed by atoms with Crippen molar-refractivity contribution in [2.24, 2.45) is 5.92 Å². The lowest BCUT2D eigenvalue weighted by atomic mass is 9.86. The molecule has 2 atom stereocenters. The average Bonchev–Trinajstić information content (AvgIpc) is 3.01. The van der Waals surface area contributed by atoms with Crippen LogP contribution in [0.4, 0.5) is 0 Å². The molecule has 148 valence electrons. The molecule has 1 aliphatic rings. The lowest BCUT2D eigenvalue weighted by molar-refractivity contribution is 0.0937. The maximum absolute atomic E-state index is 12.4. The zero-order valence-corrected chi connectivity index (χ0v) is 17.8. The van der Waals surface area contributed by atoms with Gasteiger partial charge in [-0.2, -0.15) is 11.8 Å². The molecule has 26 heavy (non-hydrogen) atoms. The first-order valence-corrected chi connectivity index (χ1v) is 11.8. The summed E-state index contributed by atoms with van der Waals surface area (Å²) < 4.78 is 5.97. The Hall–Kier alpha value is -0.770. The third-order valence-electron chi connectivity index (χ3n) is 5.31. The molecule has 0 amide bonds. The van der Waals surface area contributed by atoms with E-state index >= 15 is 0 Å². The van der Waals surface area contributed by atoms with E-state index in [1.165, 1.54) is 44.9 Å². The molecular weight excluding hydrogens is 342 g/mol. The number of oxazole rings is 1. The Morgan fingerprint density at radius 1 is 1.08 bits per heavy atom. The van der Waals surface area contributed by atoms with Gasteiger partial charge in [-0.3, -0.25) is 4.79 Å². The highest BCUT2D eigenvalue weighted by Gasteiger charge is 2.31. The molecule has 0 radical (unpaired) electrons. The SMILES string of the molecule is CCCCCCCCCCc1nc2c(o1)C[C@@H](C[C@H](C)SCC)CC2=O. The lowest BCUT2D eigenvalue weighted by Gasteiger charge is -2.22. The van der Waals surface area contributed by atoms with Gasteiger partial charge < -0.3 is 4.42 Å². The van der Waals surface area contributed by atoms with Crippen LogP contribution in [0, 0.1) is 5.92 Å². The van der Waals surface area contributed by atoms with Crippen molar-refractivity contribution in [3.8, 4) is 0 Å². The smallest absolute Gasteiger partial charge is 0.195 e. The highest BCUT2D eigenvalue weighted by molar-refractivity contribution is 7.99. The van der Waals surface area contributed by atoms with Crippen LogP contribution in [0.2, 0.25) is 0 Å². The molecule has 3 nitrogen and oxygen atoms in total. The summed E-state index contributed by atoms with van der Waals surface area (Å²) in [4.78, 5) is 16.9. The van der Waals surface area contributed by atoms with E-state index < -0.39 is 0 Å². The van der Waals surface area contributed by atoms with Crippen molar-refractivity contribution in [3.63, 3.8) is 0 Å². The summed E-state index contributed by atoms with van der Waals surface area (Å²) in [7, 11) is 0. The molecule has 0 aliphatic heterocycles. The third-order valence-corrected chi connectivity index (χ3v) is 6.41. The van der Waals surface area contributed by atoms with Gasteiger partial charge in [0.15, 0.2) is 11.7 Å². The van der Waals surface area contributed by atoms with Gasteiger partial charge in [-0.25, -0.2) is 4.98 Å². The number of carbonyl (C=O) groups is 1. The molecule has 1 aliphatic carbocycles. The van der Waals surface area contributed by atoms with Crippen LogP contribution in [0.5, 0.6) is 0 Å². The summed E-state index contributed by atoms with van der Waals surface area (Å²) in [5.74, 6) is 3.39. The summed E-state index contributed by atoms with van der Waals surface area (Å²) >= 11 is 1.98. The summed E-state index contributed by atoms with van der Waals surface area (Å²) in [6.45, 7) is 6.72. The topological polar surface area (TPSA) is 43.1 Å². The van der Waals surface area contributed by atoms with Crippen molar-refractivity contribution in [2.45, 2.75) is 103 Å². The molecule has 0 saturated carbocycles. The molecule has 0 N–H and O–H groups in total. The number of aryl methyl sites for hydroxylation is 1. The van der Waals surface area contributed by atoms with E-state index in [1.807, 2.05) is 11.8 Å². The molecule has 0 aromatic carbocycles. The van der Waals surface area contributed by atoms with Gasteiger partial charge in [-0.1, -0.05) is 65.7 Å². The summed E-state index contributed by atoms with van der Waals surface area (Å²) in [5, 5.41) is 0.610. The molecule has 4 heteroatoms. The highest BCUT2D eigenvalue weighted by atomic mass is 32.2. The molecular formula is C22H37NO2S. The fourth-order valence-corrected chi connectivity index (χ4v) is 4.93. The van der Waals surface area contributed by atoms with Gasteiger partial charge in [0.2, 0.25) is 0 Å². The predicted octanol–water partition coefficient (Wildman–Crippen LogP) is 6.63. The van der Waals surface area contributed by atoms with E-state index in [1.54, 1.807) is 0 Å². The van der Waals surface area contributed by atoms with Crippen LogP contribution in [0.25, 0.3) is 0 Å². The molecule has 0 saturated heterocycles. The quantitative estimate of drug-likeness (QED) is 0.360. The Morgan fingerprint density at radius 2 is 1.77 bits per heavy atom. The molecule has 0 bridgehead atoms. The van der Waals surface area contributed by atoms with E-state index in [0.717, 1.165) is 43.1 Å². The van der Waals surface area contributed by atoms with Gasteiger partial charge in [0.05, 0.1) is 0 Å². The minimum absolute atomic E-state index is 0.191. The number of Topliss-reactive ketones (excluding diaryl/α,β-unsaturated/α-hetero) is 1. The first-order chi connectivity index (χ1) is 12.6. The van der Waals surface area contributed by atoms with Gasteiger partial charge >= 0.3 is 0 Å². The summed E-state index contributed by atoms with van der Waals surface area (Å²) in [6, 6.07) is 0. The van der Waals surface area contributed by atoms with Gasteiger partial charge in [-0.15, -0.1) is 0 Å². The van der Waals surface area contributed by atoms with Crippen molar-refractivity contribution in [3.05, 3.63) is 17.3 Å². The van der Waals surface area contributed by atoms with Crippen LogP contribution in [0.15, 0.2) is 4.42 Å². The van der Waals surface area contributed by atoms with Gasteiger partial charge in [0.25, 0.3) is 0 Å². The van der Waals surface area contributed by atoms with Gasteiger partial charge in [-0.05, 0) is 24.5 Å². The van der Waals surface area contributed by atoms with Crippen molar-refractivity contribution in [2.75, 3.05) is 5.75 Å². The minimum Gasteiger partial charge on any atom is -0.445 e. The fraction of sp³-hybridized carbons (Fsp3) is 0.818. The van der Waals surface area contributed by atoms with E-state index in [2.05, 4.69) is 25.8 Å². The standard InChI is InChI=1S/C22H37NO2S/c1-4-6-7-8-9-10-11-12-13-21-23-22-19(24)15-18(16-20(22)25-21)14-17(3)26-5-2/h17-18H,4-16H2,1-3H3/t17-,18-/m0/s1. The number of fused-ring (bicyclic) bond motifs is 1. The zero-order valence-electron chi connectivity index (χ0n) is 17.0. The lowest BCUT2D eigenvalue weighted by Crippen LogP contribution is -2.22. The molecule has 0 spiro atoms. The molecule has 0 fully saturated rings. The van der Waals surface area contributed by atoms with Crippen molar-refractivity contribution < 1.29 is 9.21 Å². The zero-order chi connectivity index (χ0) is 18.8. The Kier molecular flexibility index (Phi) is 9.80. The summed E-state index contributed by atoms with van der Waals surface area (Å²) in [5.41, 5.74) is 0.631. The van der Waals surface area contributed by atoms with Crippen LogP contribution in [-0.4, -0.2) is 21.8 Å². The first kappa shape index (κ1) is 21.5. The molecule has 2 rings (SSSR count). The van der Waals surface area contributed by atoms with E-state index in [9.17, 15) is 4.79 Å². The van der Waals surface area contributed by atoms with Crippen molar-refractivity contribution >= 4 is 17.5 Å². The second kappa shape index (κ2) is 11.8.